The van der Waals surface area contributed by atoms with E-state index < -0.39 is 0 Å². The van der Waals surface area contributed by atoms with Crippen LogP contribution in [0, 0.1) is 23.7 Å². The number of pyridine rings is 1. The topological polar surface area (TPSA) is 40.8 Å². The molecule has 0 fully saturated rings. The number of nitrogens with zero attached hydrogens (tertiary/aromatic N) is 2. The Labute approximate surface area is 254 Å². The molecule has 0 bridgehead atoms. The van der Waals surface area contributed by atoms with Crippen molar-refractivity contribution in [1.29, 1.82) is 5.26 Å². The highest BCUT2D eigenvalue weighted by Gasteiger charge is 2.35. The fourth-order valence-electron chi connectivity index (χ4n) is 7.14. The van der Waals surface area contributed by atoms with Gasteiger partial charge < -0.3 is 4.42 Å². The molecule has 0 radical (unpaired) electrons. The number of aromatic nitrogens is 1. The van der Waals surface area contributed by atoms with Crippen molar-refractivity contribution in [3.63, 3.8) is 0 Å². The van der Waals surface area contributed by atoms with E-state index >= 15 is 0 Å². The molecule has 0 saturated carbocycles. The van der Waals surface area contributed by atoms with E-state index in [1.165, 1.54) is 27.8 Å². The van der Waals surface area contributed by atoms with Crippen LogP contribution in [0.3, 0.4) is 0 Å². The molecule has 0 aliphatic heterocycles. The molecule has 1 aliphatic rings. The molecule has 0 N–H and O–H groups in total. The SMILES string of the molecule is Cc1ccc2c(oc3c(-c4ccc5c(c4)C(C)(C)c4ccccc4-5)c(C#N)ccc32)c1-c1cc(CC(C)(C)C)cc[n+]1C. The van der Waals surface area contributed by atoms with Crippen molar-refractivity contribution in [1.82, 2.24) is 0 Å². The van der Waals surface area contributed by atoms with Gasteiger partial charge in [0.25, 0.3) is 0 Å². The molecule has 0 atom stereocenters. The average Bonchev–Trinajstić information content (AvgIpc) is 3.45. The van der Waals surface area contributed by atoms with Crippen molar-refractivity contribution in [3.8, 4) is 39.6 Å². The maximum atomic E-state index is 10.3. The lowest BCUT2D eigenvalue weighted by Crippen LogP contribution is -2.31. The van der Waals surface area contributed by atoms with E-state index in [2.05, 4.69) is 132 Å². The molecule has 2 aromatic heterocycles. The minimum atomic E-state index is -0.131. The number of hydrogen-bond acceptors (Lipinski definition) is 2. The van der Waals surface area contributed by atoms with E-state index in [-0.39, 0.29) is 10.8 Å². The van der Waals surface area contributed by atoms with Crippen LogP contribution >= 0.6 is 0 Å². The highest BCUT2D eigenvalue weighted by atomic mass is 16.3. The zero-order valence-electron chi connectivity index (χ0n) is 26.1. The van der Waals surface area contributed by atoms with Gasteiger partial charge in [0.05, 0.1) is 17.2 Å². The van der Waals surface area contributed by atoms with Crippen LogP contribution in [0.25, 0.3) is 55.4 Å². The van der Waals surface area contributed by atoms with Crippen LogP contribution in [-0.2, 0) is 18.9 Å². The van der Waals surface area contributed by atoms with Crippen molar-refractivity contribution >= 4 is 21.9 Å². The lowest BCUT2D eigenvalue weighted by atomic mass is 9.81. The molecule has 1 aliphatic carbocycles. The molecule has 43 heavy (non-hydrogen) atoms. The summed E-state index contributed by atoms with van der Waals surface area (Å²) in [4.78, 5) is 0. The smallest absolute Gasteiger partial charge is 0.216 e. The van der Waals surface area contributed by atoms with Crippen molar-refractivity contribution < 1.29 is 8.98 Å². The van der Waals surface area contributed by atoms with Crippen LogP contribution in [0.1, 0.15) is 62.4 Å². The summed E-state index contributed by atoms with van der Waals surface area (Å²) in [5, 5.41) is 12.4. The predicted octanol–water partition coefficient (Wildman–Crippen LogP) is 9.82. The number of rotatable bonds is 3. The zero-order valence-corrected chi connectivity index (χ0v) is 26.1. The number of fused-ring (bicyclic) bond motifs is 6. The number of aryl methyl sites for hydroxylation is 2. The fourth-order valence-corrected chi connectivity index (χ4v) is 7.14. The Hall–Kier alpha value is -4.68. The summed E-state index contributed by atoms with van der Waals surface area (Å²) < 4.78 is 9.09. The highest BCUT2D eigenvalue weighted by Crippen LogP contribution is 2.50. The molecule has 3 nitrogen and oxygen atoms in total. The molecular formula is C40H37N2O+. The largest absolute Gasteiger partial charge is 0.454 e. The first-order valence-electron chi connectivity index (χ1n) is 15.1. The molecule has 6 aromatic rings. The molecule has 0 saturated heterocycles. The number of furan rings is 1. The third kappa shape index (κ3) is 4.20. The van der Waals surface area contributed by atoms with Crippen LogP contribution in [0.2, 0.25) is 0 Å². The average molecular weight is 562 g/mol. The third-order valence-corrected chi connectivity index (χ3v) is 9.22. The van der Waals surface area contributed by atoms with Crippen LogP contribution in [0.15, 0.2) is 89.5 Å². The summed E-state index contributed by atoms with van der Waals surface area (Å²) >= 11 is 0. The van der Waals surface area contributed by atoms with Crippen LogP contribution < -0.4 is 4.57 Å². The standard InChI is InChI=1S/C40H37N2O/c1-24-12-15-30-31-17-14-27(23-41)36(26-13-16-29-28-10-8-9-11-32(28)40(5,6)33(29)21-26)38(31)43-37(30)35(24)34-20-25(18-19-42(34)7)22-39(2,3)4/h8-21H,22H2,1-7H3/q+1. The van der Waals surface area contributed by atoms with Gasteiger partial charge in [0.1, 0.15) is 18.2 Å². The Kier molecular flexibility index (Phi) is 5.95. The molecule has 0 unspecified atom stereocenters. The van der Waals surface area contributed by atoms with E-state index in [1.807, 2.05) is 12.1 Å². The summed E-state index contributed by atoms with van der Waals surface area (Å²) in [7, 11) is 2.10. The number of nitriles is 1. The van der Waals surface area contributed by atoms with Gasteiger partial charge in [-0.1, -0.05) is 83.1 Å². The molecule has 4 aromatic carbocycles. The monoisotopic (exact) mass is 561 g/mol. The predicted molar refractivity (Wildman–Crippen MR) is 176 cm³/mol. The van der Waals surface area contributed by atoms with Gasteiger partial charge in [-0.3, -0.25) is 0 Å². The second-order valence-corrected chi connectivity index (χ2v) is 13.9. The van der Waals surface area contributed by atoms with Crippen LogP contribution in [-0.4, -0.2) is 0 Å². The highest BCUT2D eigenvalue weighted by molar-refractivity contribution is 6.14. The van der Waals surface area contributed by atoms with Crippen molar-refractivity contribution in [2.75, 3.05) is 0 Å². The first-order chi connectivity index (χ1) is 20.5. The molecular weight excluding hydrogens is 524 g/mol. The summed E-state index contributed by atoms with van der Waals surface area (Å²) in [6.07, 6.45) is 3.14. The number of benzene rings is 4. The van der Waals surface area contributed by atoms with Gasteiger partial charge >= 0.3 is 0 Å². The normalized spacial score (nSPS) is 13.7. The van der Waals surface area contributed by atoms with Gasteiger partial charge in [-0.05, 0) is 75.9 Å². The number of hydrogen-bond donors (Lipinski definition) is 0. The van der Waals surface area contributed by atoms with E-state index in [1.54, 1.807) is 0 Å². The molecule has 3 heteroatoms. The van der Waals surface area contributed by atoms with E-state index in [0.29, 0.717) is 5.56 Å². The summed E-state index contributed by atoms with van der Waals surface area (Å²) in [6.45, 7) is 13.6. The van der Waals surface area contributed by atoms with Gasteiger partial charge in [0, 0.05) is 33.9 Å². The maximum absolute atomic E-state index is 10.3. The Morgan fingerprint density at radius 2 is 1.51 bits per heavy atom. The maximum Gasteiger partial charge on any atom is 0.216 e. The molecule has 0 spiro atoms. The first kappa shape index (κ1) is 27.2. The Bertz CT molecular complexity index is 2150. The first-order valence-corrected chi connectivity index (χ1v) is 15.1. The quantitative estimate of drug-likeness (QED) is 0.202. The van der Waals surface area contributed by atoms with Gasteiger partial charge in [-0.25, -0.2) is 4.57 Å². The fraction of sp³-hybridized carbons (Fsp3) is 0.250. The molecule has 2 heterocycles. The van der Waals surface area contributed by atoms with Crippen LogP contribution in [0.5, 0.6) is 0 Å². The van der Waals surface area contributed by atoms with E-state index in [9.17, 15) is 5.26 Å². The van der Waals surface area contributed by atoms with Gasteiger partial charge in [-0.15, -0.1) is 0 Å². The Balaban J connectivity index is 1.48. The van der Waals surface area contributed by atoms with Crippen molar-refractivity contribution in [2.45, 2.75) is 53.4 Å². The second-order valence-electron chi connectivity index (χ2n) is 13.9. The van der Waals surface area contributed by atoms with E-state index in [4.69, 9.17) is 4.42 Å². The van der Waals surface area contributed by atoms with Gasteiger partial charge in [0.15, 0.2) is 6.20 Å². The summed E-state index contributed by atoms with van der Waals surface area (Å²) in [5.74, 6) is 0. The zero-order chi connectivity index (χ0) is 30.3. The van der Waals surface area contributed by atoms with Gasteiger partial charge in [0.2, 0.25) is 5.69 Å². The Morgan fingerprint density at radius 1 is 0.814 bits per heavy atom. The van der Waals surface area contributed by atoms with E-state index in [0.717, 1.165) is 56.3 Å². The minimum absolute atomic E-state index is 0.131. The molecule has 0 amide bonds. The summed E-state index contributed by atoms with van der Waals surface area (Å²) in [5.41, 5.74) is 14.0. The van der Waals surface area contributed by atoms with Crippen molar-refractivity contribution in [2.24, 2.45) is 12.5 Å². The summed E-state index contributed by atoms with van der Waals surface area (Å²) in [6, 6.07) is 30.7. The molecule has 7 rings (SSSR count). The lowest BCUT2D eigenvalue weighted by Gasteiger charge is -2.22. The lowest BCUT2D eigenvalue weighted by molar-refractivity contribution is -0.660. The molecule has 212 valence electrons. The Morgan fingerprint density at radius 3 is 2.26 bits per heavy atom. The third-order valence-electron chi connectivity index (χ3n) is 9.22. The second kappa shape index (κ2) is 9.41. The van der Waals surface area contributed by atoms with Gasteiger partial charge in [-0.2, -0.15) is 5.26 Å². The minimum Gasteiger partial charge on any atom is -0.454 e. The van der Waals surface area contributed by atoms with Crippen LogP contribution in [0.4, 0.5) is 0 Å². The van der Waals surface area contributed by atoms with Crippen molar-refractivity contribution in [3.05, 3.63) is 113 Å².